The third-order valence-corrected chi connectivity index (χ3v) is 4.39. The number of nitrogens with one attached hydrogen (secondary N) is 1. The Balaban J connectivity index is 1.83. The smallest absolute Gasteiger partial charge is 0.296 e. The summed E-state index contributed by atoms with van der Waals surface area (Å²) in [5, 5.41) is 11.2. The molecule has 0 unspecified atom stereocenters. The van der Waals surface area contributed by atoms with Gasteiger partial charge in [0, 0.05) is 5.02 Å². The number of H-pyrrole nitrogens is 1. The number of benzene rings is 2. The first-order valence-electron chi connectivity index (χ1n) is 8.84. The lowest BCUT2D eigenvalue weighted by Crippen LogP contribution is -2.22. The molecule has 150 valence electrons. The zero-order valence-electron chi connectivity index (χ0n) is 15.9. The third kappa shape index (κ3) is 5.30. The van der Waals surface area contributed by atoms with E-state index in [2.05, 4.69) is 15.3 Å². The minimum absolute atomic E-state index is 0.114. The van der Waals surface area contributed by atoms with Crippen molar-refractivity contribution in [3.63, 3.8) is 0 Å². The number of nitrogens with zero attached hydrogens (tertiary/aromatic N) is 3. The number of hydrogen-bond donors (Lipinski definition) is 1. The fraction of sp³-hybridized carbons (Fsp3) is 0.200. The maximum atomic E-state index is 12.1. The van der Waals surface area contributed by atoms with Crippen molar-refractivity contribution in [3.05, 3.63) is 79.4 Å². The number of aryl methyl sites for hydroxylation is 1. The lowest BCUT2D eigenvalue weighted by molar-refractivity contribution is 0.269. The Labute approximate surface area is 177 Å². The van der Waals surface area contributed by atoms with Gasteiger partial charge in [0.2, 0.25) is 4.77 Å². The number of ether oxygens (including phenoxy) is 2. The summed E-state index contributed by atoms with van der Waals surface area (Å²) in [5.41, 5.74) is 1.57. The maximum absolute atomic E-state index is 12.1. The Morgan fingerprint density at radius 3 is 2.83 bits per heavy atom. The minimum atomic E-state index is -0.378. The molecular weight excluding hydrogens is 412 g/mol. The number of halogens is 1. The molecule has 0 aliphatic heterocycles. The van der Waals surface area contributed by atoms with Crippen LogP contribution in [-0.4, -0.2) is 27.7 Å². The second-order valence-electron chi connectivity index (χ2n) is 6.03. The van der Waals surface area contributed by atoms with Crippen molar-refractivity contribution < 1.29 is 9.47 Å². The molecule has 0 saturated heterocycles. The van der Waals surface area contributed by atoms with Gasteiger partial charge in [0.1, 0.15) is 12.3 Å². The van der Waals surface area contributed by atoms with Gasteiger partial charge in [-0.3, -0.25) is 9.89 Å². The van der Waals surface area contributed by atoms with Crippen LogP contribution in [0.15, 0.2) is 52.4 Å². The van der Waals surface area contributed by atoms with E-state index >= 15 is 0 Å². The van der Waals surface area contributed by atoms with Crippen molar-refractivity contribution in [2.45, 2.75) is 20.5 Å². The van der Waals surface area contributed by atoms with Crippen LogP contribution in [0.25, 0.3) is 0 Å². The van der Waals surface area contributed by atoms with Crippen molar-refractivity contribution in [1.82, 2.24) is 14.9 Å². The number of aromatic amines is 1. The maximum Gasteiger partial charge on any atom is 0.296 e. The summed E-state index contributed by atoms with van der Waals surface area (Å²) in [4.78, 5) is 12.1. The summed E-state index contributed by atoms with van der Waals surface area (Å²) >= 11 is 11.1. The second kappa shape index (κ2) is 9.49. The Bertz CT molecular complexity index is 1160. The van der Waals surface area contributed by atoms with Crippen LogP contribution in [0, 0.1) is 11.7 Å². The number of aromatic nitrogens is 3. The molecule has 1 heterocycles. The molecule has 0 saturated carbocycles. The van der Waals surface area contributed by atoms with E-state index in [0.29, 0.717) is 29.7 Å². The molecule has 0 radical (unpaired) electrons. The standard InChI is InChI=1S/C20H19ClN4O3S/c1-3-27-18-10-14(11-22-25-19(26)13(2)23-24-20(25)29)7-8-17(18)28-12-15-5-4-6-16(21)9-15/h4-11H,3,12H2,1-2H3,(H,24,29)/b22-11-. The van der Waals surface area contributed by atoms with Gasteiger partial charge in [-0.2, -0.15) is 14.9 Å². The largest absolute Gasteiger partial charge is 0.490 e. The van der Waals surface area contributed by atoms with Gasteiger partial charge in [-0.25, -0.2) is 0 Å². The molecule has 9 heteroatoms. The molecule has 3 aromatic rings. The second-order valence-corrected chi connectivity index (χ2v) is 6.86. The molecule has 0 fully saturated rings. The normalized spacial score (nSPS) is 11.0. The molecule has 1 N–H and O–H groups in total. The third-order valence-electron chi connectivity index (χ3n) is 3.89. The Hall–Kier alpha value is -2.97. The van der Waals surface area contributed by atoms with Gasteiger partial charge in [-0.05, 0) is 67.5 Å². The minimum Gasteiger partial charge on any atom is -0.490 e. The summed E-state index contributed by atoms with van der Waals surface area (Å²) in [6, 6.07) is 12.9. The fourth-order valence-corrected chi connectivity index (χ4v) is 2.87. The summed E-state index contributed by atoms with van der Waals surface area (Å²) in [6.45, 7) is 4.30. The van der Waals surface area contributed by atoms with Crippen molar-refractivity contribution in [3.8, 4) is 11.5 Å². The summed E-state index contributed by atoms with van der Waals surface area (Å²) in [5.74, 6) is 1.17. The van der Waals surface area contributed by atoms with Crippen LogP contribution in [0.5, 0.6) is 11.5 Å². The molecule has 2 aromatic carbocycles. The van der Waals surface area contributed by atoms with Gasteiger partial charge in [0.15, 0.2) is 11.5 Å². The molecule has 7 nitrogen and oxygen atoms in total. The van der Waals surface area contributed by atoms with Crippen molar-refractivity contribution in [1.29, 1.82) is 0 Å². The van der Waals surface area contributed by atoms with Crippen LogP contribution in [0.4, 0.5) is 0 Å². The monoisotopic (exact) mass is 430 g/mol. The Morgan fingerprint density at radius 1 is 1.24 bits per heavy atom. The Kier molecular flexibility index (Phi) is 6.79. The number of hydrogen-bond acceptors (Lipinski definition) is 6. The van der Waals surface area contributed by atoms with Crippen LogP contribution in [0.2, 0.25) is 5.02 Å². The zero-order valence-corrected chi connectivity index (χ0v) is 17.5. The molecule has 0 bridgehead atoms. The molecule has 29 heavy (non-hydrogen) atoms. The van der Waals surface area contributed by atoms with Crippen molar-refractivity contribution in [2.24, 2.45) is 5.10 Å². The average Bonchev–Trinajstić information content (AvgIpc) is 2.70. The van der Waals surface area contributed by atoms with Gasteiger partial charge in [-0.1, -0.05) is 23.7 Å². The van der Waals surface area contributed by atoms with E-state index in [-0.39, 0.29) is 16.0 Å². The van der Waals surface area contributed by atoms with Crippen LogP contribution in [0.1, 0.15) is 23.7 Å². The topological polar surface area (TPSA) is 81.5 Å². The molecule has 0 atom stereocenters. The summed E-state index contributed by atoms with van der Waals surface area (Å²) < 4.78 is 12.8. The average molecular weight is 431 g/mol. The van der Waals surface area contributed by atoms with E-state index in [1.165, 1.54) is 6.21 Å². The molecular formula is C20H19ClN4O3S. The van der Waals surface area contributed by atoms with Gasteiger partial charge >= 0.3 is 0 Å². The van der Waals surface area contributed by atoms with Crippen LogP contribution in [0.3, 0.4) is 0 Å². The Morgan fingerprint density at radius 2 is 2.07 bits per heavy atom. The van der Waals surface area contributed by atoms with E-state index in [1.807, 2.05) is 37.3 Å². The molecule has 3 rings (SSSR count). The molecule has 0 amide bonds. The first-order valence-corrected chi connectivity index (χ1v) is 9.63. The van der Waals surface area contributed by atoms with Crippen LogP contribution >= 0.6 is 23.8 Å². The SMILES string of the molecule is CCOc1cc(/C=N\n2c(=S)[nH]nc(C)c2=O)ccc1OCc1cccc(Cl)c1. The van der Waals surface area contributed by atoms with Crippen LogP contribution < -0.4 is 15.0 Å². The van der Waals surface area contributed by atoms with E-state index < -0.39 is 0 Å². The summed E-state index contributed by atoms with van der Waals surface area (Å²) in [7, 11) is 0. The highest BCUT2D eigenvalue weighted by Gasteiger charge is 2.07. The van der Waals surface area contributed by atoms with E-state index in [9.17, 15) is 4.79 Å². The predicted molar refractivity (Wildman–Crippen MR) is 115 cm³/mol. The highest BCUT2D eigenvalue weighted by atomic mass is 35.5. The zero-order chi connectivity index (χ0) is 20.8. The van der Waals surface area contributed by atoms with E-state index in [4.69, 9.17) is 33.3 Å². The first kappa shape index (κ1) is 20.8. The highest BCUT2D eigenvalue weighted by Crippen LogP contribution is 2.29. The molecule has 0 spiro atoms. The lowest BCUT2D eigenvalue weighted by Gasteiger charge is -2.13. The highest BCUT2D eigenvalue weighted by molar-refractivity contribution is 7.71. The lowest BCUT2D eigenvalue weighted by atomic mass is 10.2. The summed E-state index contributed by atoms with van der Waals surface area (Å²) in [6.07, 6.45) is 1.52. The van der Waals surface area contributed by atoms with Gasteiger partial charge in [-0.15, -0.1) is 0 Å². The number of rotatable bonds is 7. The fourth-order valence-electron chi connectivity index (χ4n) is 2.48. The quantitative estimate of drug-likeness (QED) is 0.450. The van der Waals surface area contributed by atoms with Gasteiger partial charge in [0.25, 0.3) is 5.56 Å². The van der Waals surface area contributed by atoms with Crippen LogP contribution in [-0.2, 0) is 6.61 Å². The van der Waals surface area contributed by atoms with E-state index in [1.54, 1.807) is 19.1 Å². The molecule has 0 aliphatic carbocycles. The van der Waals surface area contributed by atoms with Crippen molar-refractivity contribution in [2.75, 3.05) is 6.61 Å². The molecule has 0 aliphatic rings. The van der Waals surface area contributed by atoms with Gasteiger partial charge < -0.3 is 9.47 Å². The van der Waals surface area contributed by atoms with E-state index in [0.717, 1.165) is 15.8 Å². The van der Waals surface area contributed by atoms with Crippen molar-refractivity contribution >= 4 is 30.0 Å². The predicted octanol–water partition coefficient (Wildman–Crippen LogP) is 4.12. The molecule has 1 aromatic heterocycles. The van der Waals surface area contributed by atoms with Gasteiger partial charge in [0.05, 0.1) is 12.8 Å². The first-order chi connectivity index (χ1) is 14.0.